The molecule has 1 aromatic carbocycles. The van der Waals surface area contributed by atoms with Crippen LogP contribution in [0.3, 0.4) is 0 Å². The number of hydrogen-bond donors (Lipinski definition) is 1. The normalized spacial score (nSPS) is 25.4. The molecule has 0 spiro atoms. The van der Waals surface area contributed by atoms with E-state index < -0.39 is 29.6 Å². The molecule has 2 fully saturated rings. The predicted molar refractivity (Wildman–Crippen MR) is 83.2 cm³/mol. The van der Waals surface area contributed by atoms with E-state index in [-0.39, 0.29) is 24.1 Å². The predicted octanol–water partition coefficient (Wildman–Crippen LogP) is 1.55. The van der Waals surface area contributed by atoms with Gasteiger partial charge in [0.1, 0.15) is 17.6 Å². The Balaban J connectivity index is 1.71. The van der Waals surface area contributed by atoms with Crippen molar-refractivity contribution in [1.29, 1.82) is 0 Å². The van der Waals surface area contributed by atoms with E-state index >= 15 is 0 Å². The highest BCUT2D eigenvalue weighted by atomic mass is 19.1. The van der Waals surface area contributed by atoms with E-state index in [9.17, 15) is 23.5 Å². The topological polar surface area (TPSA) is 60.9 Å². The largest absolute Gasteiger partial charge is 0.393 e. The zero-order valence-corrected chi connectivity index (χ0v) is 13.4. The SMILES string of the molecule is CC(O)C1CCN(C(=O)C2CCN(c3cc(F)cc(F)c3)C2=O)C1. The summed E-state index contributed by atoms with van der Waals surface area (Å²) in [4.78, 5) is 28.0. The van der Waals surface area contributed by atoms with Crippen LogP contribution in [0.4, 0.5) is 14.5 Å². The number of likely N-dealkylation sites (tertiary alicyclic amines) is 1. The standard InChI is InChI=1S/C17H20F2N2O3/c1-10(22)11-2-4-20(9-11)16(23)15-3-5-21(17(15)24)14-7-12(18)6-13(19)8-14/h6-8,10-11,15,22H,2-5,9H2,1H3. The van der Waals surface area contributed by atoms with Crippen LogP contribution in [-0.2, 0) is 9.59 Å². The molecule has 2 amide bonds. The zero-order valence-electron chi connectivity index (χ0n) is 13.4. The summed E-state index contributed by atoms with van der Waals surface area (Å²) >= 11 is 0. The van der Waals surface area contributed by atoms with Crippen molar-refractivity contribution in [3.63, 3.8) is 0 Å². The molecular formula is C17H20F2N2O3. The highest BCUT2D eigenvalue weighted by Gasteiger charge is 2.41. The first-order chi connectivity index (χ1) is 11.4. The monoisotopic (exact) mass is 338 g/mol. The molecule has 1 aromatic rings. The summed E-state index contributed by atoms with van der Waals surface area (Å²) in [7, 11) is 0. The van der Waals surface area contributed by atoms with Crippen LogP contribution in [0.1, 0.15) is 19.8 Å². The van der Waals surface area contributed by atoms with Crippen LogP contribution in [0, 0.1) is 23.5 Å². The van der Waals surface area contributed by atoms with E-state index in [1.54, 1.807) is 11.8 Å². The number of nitrogens with zero attached hydrogens (tertiary/aromatic N) is 2. The molecule has 2 heterocycles. The lowest BCUT2D eigenvalue weighted by Crippen LogP contribution is -2.39. The van der Waals surface area contributed by atoms with Gasteiger partial charge >= 0.3 is 0 Å². The maximum Gasteiger partial charge on any atom is 0.239 e. The van der Waals surface area contributed by atoms with Crippen molar-refractivity contribution < 1.29 is 23.5 Å². The Hall–Kier alpha value is -2.02. The maximum atomic E-state index is 13.4. The molecule has 2 saturated heterocycles. The summed E-state index contributed by atoms with van der Waals surface area (Å²) in [6.07, 6.45) is 0.545. The summed E-state index contributed by atoms with van der Waals surface area (Å²) in [6, 6.07) is 2.92. The lowest BCUT2D eigenvalue weighted by molar-refractivity contribution is -0.139. The Kier molecular flexibility index (Phi) is 4.54. The lowest BCUT2D eigenvalue weighted by Gasteiger charge is -2.21. The minimum Gasteiger partial charge on any atom is -0.393 e. The average Bonchev–Trinajstić information content (AvgIpc) is 3.12. The number of carbonyl (C=O) groups is 2. The van der Waals surface area contributed by atoms with Crippen LogP contribution in [0.2, 0.25) is 0 Å². The summed E-state index contributed by atoms with van der Waals surface area (Å²) in [5, 5.41) is 9.63. The molecule has 0 radical (unpaired) electrons. The third kappa shape index (κ3) is 3.13. The van der Waals surface area contributed by atoms with E-state index in [1.807, 2.05) is 0 Å². The van der Waals surface area contributed by atoms with Crippen molar-refractivity contribution in [3.05, 3.63) is 29.8 Å². The molecule has 0 aliphatic carbocycles. The highest BCUT2D eigenvalue weighted by molar-refractivity contribution is 6.09. The van der Waals surface area contributed by atoms with E-state index in [4.69, 9.17) is 0 Å². The fourth-order valence-corrected chi connectivity index (χ4v) is 3.46. The Labute approximate surface area is 138 Å². The first-order valence-corrected chi connectivity index (χ1v) is 8.11. The van der Waals surface area contributed by atoms with Crippen molar-refractivity contribution in [3.8, 4) is 0 Å². The van der Waals surface area contributed by atoms with E-state index in [2.05, 4.69) is 0 Å². The number of hydrogen-bond acceptors (Lipinski definition) is 3. The number of aliphatic hydroxyl groups is 1. The van der Waals surface area contributed by atoms with Crippen molar-refractivity contribution in [2.24, 2.45) is 11.8 Å². The van der Waals surface area contributed by atoms with E-state index in [0.29, 0.717) is 25.9 Å². The van der Waals surface area contributed by atoms with Gasteiger partial charge in [-0.15, -0.1) is 0 Å². The number of benzene rings is 1. The lowest BCUT2D eigenvalue weighted by atomic mass is 10.0. The minimum atomic E-state index is -0.816. The average molecular weight is 338 g/mol. The molecule has 3 atom stereocenters. The van der Waals surface area contributed by atoms with Gasteiger partial charge in [-0.1, -0.05) is 0 Å². The van der Waals surface area contributed by atoms with E-state index in [0.717, 1.165) is 18.2 Å². The first-order valence-electron chi connectivity index (χ1n) is 8.11. The highest BCUT2D eigenvalue weighted by Crippen LogP contribution is 2.29. The van der Waals surface area contributed by atoms with Gasteiger partial charge in [0, 0.05) is 37.3 Å². The molecule has 0 saturated carbocycles. The molecule has 130 valence electrons. The van der Waals surface area contributed by atoms with Gasteiger partial charge in [0.25, 0.3) is 0 Å². The molecule has 24 heavy (non-hydrogen) atoms. The second-order valence-corrected chi connectivity index (χ2v) is 6.53. The van der Waals surface area contributed by atoms with Crippen molar-refractivity contribution in [2.75, 3.05) is 24.5 Å². The molecule has 0 aromatic heterocycles. The van der Waals surface area contributed by atoms with Crippen LogP contribution >= 0.6 is 0 Å². The molecule has 5 nitrogen and oxygen atoms in total. The third-order valence-corrected chi connectivity index (χ3v) is 4.88. The van der Waals surface area contributed by atoms with Gasteiger partial charge in [0.2, 0.25) is 11.8 Å². The Morgan fingerprint density at radius 3 is 2.46 bits per heavy atom. The fourth-order valence-electron chi connectivity index (χ4n) is 3.46. The van der Waals surface area contributed by atoms with Crippen LogP contribution in [0.5, 0.6) is 0 Å². The summed E-state index contributed by atoms with van der Waals surface area (Å²) in [5.41, 5.74) is 0.135. The number of rotatable bonds is 3. The molecule has 3 unspecified atom stereocenters. The Bertz CT molecular complexity index is 645. The van der Waals surface area contributed by atoms with Gasteiger partial charge in [-0.25, -0.2) is 8.78 Å². The van der Waals surface area contributed by atoms with Crippen molar-refractivity contribution in [2.45, 2.75) is 25.9 Å². The number of anilines is 1. The van der Waals surface area contributed by atoms with Crippen LogP contribution in [0.25, 0.3) is 0 Å². The summed E-state index contributed by atoms with van der Waals surface area (Å²) < 4.78 is 26.7. The Morgan fingerprint density at radius 1 is 1.21 bits per heavy atom. The second kappa shape index (κ2) is 6.47. The van der Waals surface area contributed by atoms with Gasteiger partial charge in [-0.3, -0.25) is 9.59 Å². The molecule has 7 heteroatoms. The van der Waals surface area contributed by atoms with Crippen molar-refractivity contribution >= 4 is 17.5 Å². The minimum absolute atomic E-state index is 0.0267. The third-order valence-electron chi connectivity index (χ3n) is 4.88. The molecule has 3 rings (SSSR count). The molecule has 1 N–H and O–H groups in total. The first kappa shape index (κ1) is 16.8. The van der Waals surface area contributed by atoms with Crippen LogP contribution in [0.15, 0.2) is 18.2 Å². The molecule has 2 aliphatic heterocycles. The molecule has 0 bridgehead atoms. The van der Waals surface area contributed by atoms with E-state index in [1.165, 1.54) is 4.90 Å². The van der Waals surface area contributed by atoms with Gasteiger partial charge in [-0.05, 0) is 31.9 Å². The quantitative estimate of drug-likeness (QED) is 0.851. The second-order valence-electron chi connectivity index (χ2n) is 6.53. The Morgan fingerprint density at radius 2 is 1.88 bits per heavy atom. The fraction of sp³-hybridized carbons (Fsp3) is 0.529. The van der Waals surface area contributed by atoms with Crippen LogP contribution < -0.4 is 4.90 Å². The zero-order chi connectivity index (χ0) is 17.4. The van der Waals surface area contributed by atoms with Gasteiger partial charge < -0.3 is 14.9 Å². The number of carbonyl (C=O) groups excluding carboxylic acids is 2. The molecular weight excluding hydrogens is 318 g/mol. The van der Waals surface area contributed by atoms with Gasteiger partial charge in [-0.2, -0.15) is 0 Å². The molecule has 2 aliphatic rings. The van der Waals surface area contributed by atoms with Gasteiger partial charge in [0.15, 0.2) is 0 Å². The number of aliphatic hydroxyl groups excluding tert-OH is 1. The summed E-state index contributed by atoms with van der Waals surface area (Å²) in [5.74, 6) is -2.99. The van der Waals surface area contributed by atoms with Gasteiger partial charge in [0.05, 0.1) is 6.10 Å². The van der Waals surface area contributed by atoms with Crippen molar-refractivity contribution in [1.82, 2.24) is 4.90 Å². The summed E-state index contributed by atoms with van der Waals surface area (Å²) in [6.45, 7) is 2.91. The van der Waals surface area contributed by atoms with Crippen LogP contribution in [-0.4, -0.2) is 47.6 Å². The number of amides is 2. The smallest absolute Gasteiger partial charge is 0.239 e. The maximum absolute atomic E-state index is 13.4. The number of halogens is 2.